The third kappa shape index (κ3) is 3.56. The first-order chi connectivity index (χ1) is 12.5. The van der Waals surface area contributed by atoms with E-state index in [0.717, 1.165) is 31.7 Å². The third-order valence-corrected chi connectivity index (χ3v) is 6.30. The van der Waals surface area contributed by atoms with Gasteiger partial charge in [-0.3, -0.25) is 0 Å². The summed E-state index contributed by atoms with van der Waals surface area (Å²) in [6.07, 6.45) is 7.63. The van der Waals surface area contributed by atoms with Crippen LogP contribution in [0.3, 0.4) is 0 Å². The molecule has 2 aliphatic carbocycles. The van der Waals surface area contributed by atoms with Gasteiger partial charge in [0.1, 0.15) is 5.82 Å². The highest BCUT2D eigenvalue weighted by Gasteiger charge is 2.51. The Hall–Kier alpha value is -1.33. The number of nitrogens with two attached hydrogens (primary N) is 1. The number of pyridine rings is 1. The van der Waals surface area contributed by atoms with E-state index in [4.69, 9.17) is 15.5 Å². The SMILES string of the molecule is CCCc1nc(N2C[C@@H](C)O[C@@H](C)C2)ccc1NC1CC2(CC(N)C2)C1. The number of rotatable bonds is 5. The molecule has 0 aromatic carbocycles. The summed E-state index contributed by atoms with van der Waals surface area (Å²) in [7, 11) is 0. The number of aromatic nitrogens is 1. The molecule has 26 heavy (non-hydrogen) atoms. The summed E-state index contributed by atoms with van der Waals surface area (Å²) in [6.45, 7) is 8.35. The van der Waals surface area contributed by atoms with Crippen LogP contribution < -0.4 is 16.0 Å². The van der Waals surface area contributed by atoms with Gasteiger partial charge in [0.05, 0.1) is 23.6 Å². The fourth-order valence-electron chi connectivity index (χ4n) is 5.28. The van der Waals surface area contributed by atoms with Crippen LogP contribution in [0, 0.1) is 5.41 Å². The highest BCUT2D eigenvalue weighted by atomic mass is 16.5. The molecular weight excluding hydrogens is 324 g/mol. The molecule has 5 heteroatoms. The Morgan fingerprint density at radius 2 is 1.88 bits per heavy atom. The van der Waals surface area contributed by atoms with Crippen molar-refractivity contribution in [2.45, 2.75) is 83.6 Å². The molecule has 3 N–H and O–H groups in total. The van der Waals surface area contributed by atoms with Gasteiger partial charge in [0.2, 0.25) is 0 Å². The van der Waals surface area contributed by atoms with E-state index in [2.05, 4.69) is 43.1 Å². The molecule has 0 bridgehead atoms. The zero-order valence-corrected chi connectivity index (χ0v) is 16.5. The zero-order chi connectivity index (χ0) is 18.3. The van der Waals surface area contributed by atoms with Gasteiger partial charge >= 0.3 is 0 Å². The van der Waals surface area contributed by atoms with Crippen LogP contribution in [0.2, 0.25) is 0 Å². The Kier molecular flexibility index (Phi) is 4.86. The van der Waals surface area contributed by atoms with Crippen LogP contribution in [0.5, 0.6) is 0 Å². The van der Waals surface area contributed by atoms with Crippen LogP contribution in [-0.4, -0.2) is 42.4 Å². The number of hydrogen-bond donors (Lipinski definition) is 2. The van der Waals surface area contributed by atoms with Crippen molar-refractivity contribution in [3.63, 3.8) is 0 Å². The average Bonchev–Trinajstić information content (AvgIpc) is 2.52. The van der Waals surface area contributed by atoms with Crippen LogP contribution in [-0.2, 0) is 11.2 Å². The number of hydrogen-bond acceptors (Lipinski definition) is 5. The van der Waals surface area contributed by atoms with Crippen LogP contribution in [0.1, 0.15) is 58.6 Å². The maximum atomic E-state index is 5.99. The number of morpholine rings is 1. The lowest BCUT2D eigenvalue weighted by Gasteiger charge is -2.57. The van der Waals surface area contributed by atoms with Gasteiger partial charge in [-0.25, -0.2) is 4.98 Å². The summed E-state index contributed by atoms with van der Waals surface area (Å²) in [5, 5.41) is 3.77. The predicted octanol–water partition coefficient (Wildman–Crippen LogP) is 3.33. The Balaban J connectivity index is 1.44. The maximum absolute atomic E-state index is 5.99. The molecule has 1 saturated heterocycles. The highest BCUT2D eigenvalue weighted by Crippen LogP contribution is 2.56. The number of ether oxygens (including phenoxy) is 1. The van der Waals surface area contributed by atoms with E-state index in [9.17, 15) is 0 Å². The Labute approximate surface area is 157 Å². The molecule has 0 unspecified atom stereocenters. The summed E-state index contributed by atoms with van der Waals surface area (Å²) in [5.41, 5.74) is 8.99. The van der Waals surface area contributed by atoms with Gasteiger partial charge in [0, 0.05) is 25.2 Å². The predicted molar refractivity (Wildman–Crippen MR) is 107 cm³/mol. The molecule has 0 amide bonds. The van der Waals surface area contributed by atoms with E-state index in [0.29, 0.717) is 17.5 Å². The summed E-state index contributed by atoms with van der Waals surface area (Å²) >= 11 is 0. The zero-order valence-electron chi connectivity index (χ0n) is 16.5. The topological polar surface area (TPSA) is 63.4 Å². The van der Waals surface area contributed by atoms with Crippen molar-refractivity contribution in [2.24, 2.45) is 11.1 Å². The van der Waals surface area contributed by atoms with Crippen LogP contribution >= 0.6 is 0 Å². The second kappa shape index (κ2) is 7.01. The largest absolute Gasteiger partial charge is 0.381 e. The van der Waals surface area contributed by atoms with Crippen LogP contribution in [0.4, 0.5) is 11.5 Å². The van der Waals surface area contributed by atoms with Crippen LogP contribution in [0.25, 0.3) is 0 Å². The fourth-order valence-corrected chi connectivity index (χ4v) is 5.28. The van der Waals surface area contributed by atoms with Gasteiger partial charge < -0.3 is 20.7 Å². The summed E-state index contributed by atoms with van der Waals surface area (Å²) in [4.78, 5) is 7.41. The van der Waals surface area contributed by atoms with Crippen LogP contribution in [0.15, 0.2) is 12.1 Å². The second-order valence-electron chi connectivity index (χ2n) is 8.99. The second-order valence-corrected chi connectivity index (χ2v) is 8.99. The lowest BCUT2D eigenvalue weighted by atomic mass is 9.52. The van der Waals surface area contributed by atoms with E-state index in [1.807, 2.05) is 0 Å². The Morgan fingerprint density at radius 3 is 2.50 bits per heavy atom. The van der Waals surface area contributed by atoms with Crippen molar-refractivity contribution >= 4 is 11.5 Å². The summed E-state index contributed by atoms with van der Waals surface area (Å²) in [6, 6.07) is 5.47. The Morgan fingerprint density at radius 1 is 1.19 bits per heavy atom. The molecule has 3 fully saturated rings. The monoisotopic (exact) mass is 358 g/mol. The molecule has 2 heterocycles. The van der Waals surface area contributed by atoms with Crippen molar-refractivity contribution in [3.05, 3.63) is 17.8 Å². The van der Waals surface area contributed by atoms with E-state index in [1.54, 1.807) is 0 Å². The van der Waals surface area contributed by atoms with Gasteiger partial charge in [0.15, 0.2) is 0 Å². The van der Waals surface area contributed by atoms with Crippen molar-refractivity contribution in [2.75, 3.05) is 23.3 Å². The highest BCUT2D eigenvalue weighted by molar-refractivity contribution is 5.55. The van der Waals surface area contributed by atoms with Crippen molar-refractivity contribution < 1.29 is 4.74 Å². The van der Waals surface area contributed by atoms with Gasteiger partial charge in [-0.05, 0) is 63.5 Å². The van der Waals surface area contributed by atoms with Crippen molar-refractivity contribution in [1.82, 2.24) is 4.98 Å². The quantitative estimate of drug-likeness (QED) is 0.845. The fraction of sp³-hybridized carbons (Fsp3) is 0.762. The number of aryl methyl sites for hydroxylation is 1. The smallest absolute Gasteiger partial charge is 0.129 e. The minimum absolute atomic E-state index is 0.257. The van der Waals surface area contributed by atoms with E-state index in [1.165, 1.54) is 37.1 Å². The summed E-state index contributed by atoms with van der Waals surface area (Å²) in [5.74, 6) is 1.09. The average molecular weight is 359 g/mol. The van der Waals surface area contributed by atoms with Gasteiger partial charge in [-0.1, -0.05) is 13.3 Å². The molecule has 144 valence electrons. The number of nitrogens with one attached hydrogen (secondary N) is 1. The minimum atomic E-state index is 0.257. The Bertz CT molecular complexity index is 625. The molecule has 5 nitrogen and oxygen atoms in total. The first-order valence-corrected chi connectivity index (χ1v) is 10.4. The first-order valence-electron chi connectivity index (χ1n) is 10.4. The molecule has 1 aliphatic heterocycles. The molecule has 1 aromatic rings. The summed E-state index contributed by atoms with van der Waals surface area (Å²) < 4.78 is 5.87. The minimum Gasteiger partial charge on any atom is -0.381 e. The first kappa shape index (κ1) is 18.1. The normalized spacial score (nSPS) is 36.5. The molecule has 1 aromatic heterocycles. The molecular formula is C21H34N4O. The molecule has 2 saturated carbocycles. The third-order valence-electron chi connectivity index (χ3n) is 6.30. The van der Waals surface area contributed by atoms with Gasteiger partial charge in [0.25, 0.3) is 0 Å². The lowest BCUT2D eigenvalue weighted by Crippen LogP contribution is -2.57. The maximum Gasteiger partial charge on any atom is 0.129 e. The molecule has 3 aliphatic rings. The molecule has 2 atom stereocenters. The lowest BCUT2D eigenvalue weighted by molar-refractivity contribution is -0.00546. The molecule has 4 rings (SSSR count). The standard InChI is InChI=1S/C21H34N4O/c1-4-5-18-19(23-17-10-21(11-17)8-16(22)9-21)6-7-20(24-18)25-12-14(2)26-15(3)13-25/h6-7,14-17,23H,4-5,8-13,22H2,1-3H3/t14-,15+,16?,17?,21?. The number of anilines is 2. The van der Waals surface area contributed by atoms with Crippen molar-refractivity contribution in [3.8, 4) is 0 Å². The number of nitrogens with zero attached hydrogens (tertiary/aromatic N) is 2. The van der Waals surface area contributed by atoms with Gasteiger partial charge in [-0.15, -0.1) is 0 Å². The van der Waals surface area contributed by atoms with E-state index >= 15 is 0 Å². The van der Waals surface area contributed by atoms with Crippen molar-refractivity contribution in [1.29, 1.82) is 0 Å². The molecule has 1 spiro atoms. The van der Waals surface area contributed by atoms with E-state index < -0.39 is 0 Å². The van der Waals surface area contributed by atoms with E-state index in [-0.39, 0.29) is 12.2 Å². The van der Waals surface area contributed by atoms with Gasteiger partial charge in [-0.2, -0.15) is 0 Å². The molecule has 0 radical (unpaired) electrons.